The topological polar surface area (TPSA) is 29.1 Å². The van der Waals surface area contributed by atoms with Crippen LogP contribution >= 0.6 is 33.9 Å². The molecule has 2 nitrogen and oxygen atoms in total. The summed E-state index contributed by atoms with van der Waals surface area (Å²) in [5.74, 6) is -0.0630. The Labute approximate surface area is 105 Å². The Kier molecular flexibility index (Phi) is 3.37. The third-order valence-corrected chi connectivity index (χ3v) is 3.22. The van der Waals surface area contributed by atoms with Gasteiger partial charge < -0.3 is 5.32 Å². The Hall–Kier alpha value is -0.880. The van der Waals surface area contributed by atoms with E-state index in [9.17, 15) is 4.79 Å². The van der Waals surface area contributed by atoms with Crippen molar-refractivity contribution < 1.29 is 4.79 Å². The number of halogens is 1. The summed E-state index contributed by atoms with van der Waals surface area (Å²) >= 11 is 3.75. The number of carbonyl (C=O) groups excluding carboxylic acids is 1. The summed E-state index contributed by atoms with van der Waals surface area (Å²) < 4.78 is 1.06. The zero-order valence-corrected chi connectivity index (χ0v) is 10.7. The number of carbonyl (C=O) groups is 1. The van der Waals surface area contributed by atoms with Crippen LogP contribution in [-0.4, -0.2) is 5.91 Å². The van der Waals surface area contributed by atoms with E-state index in [1.807, 2.05) is 41.1 Å². The van der Waals surface area contributed by atoms with Gasteiger partial charge in [-0.05, 0) is 52.2 Å². The van der Waals surface area contributed by atoms with E-state index >= 15 is 0 Å². The molecular formula is C11H8INOS. The quantitative estimate of drug-likeness (QED) is 0.838. The number of hydrogen-bond acceptors (Lipinski definition) is 2. The van der Waals surface area contributed by atoms with E-state index < -0.39 is 0 Å². The molecule has 0 fully saturated rings. The van der Waals surface area contributed by atoms with E-state index in [-0.39, 0.29) is 5.91 Å². The first-order valence-corrected chi connectivity index (χ1v) is 6.37. The van der Waals surface area contributed by atoms with Gasteiger partial charge in [-0.3, -0.25) is 4.79 Å². The standard InChI is InChI=1S/C11H8INOS/c12-9-3-1-2-8(6-9)11(14)13-10-4-5-15-7-10/h1-7H,(H,13,14). The number of nitrogens with one attached hydrogen (secondary N) is 1. The summed E-state index contributed by atoms with van der Waals surface area (Å²) in [6.07, 6.45) is 0. The maximum atomic E-state index is 11.8. The highest BCUT2D eigenvalue weighted by Gasteiger charge is 2.05. The zero-order valence-electron chi connectivity index (χ0n) is 7.74. The van der Waals surface area contributed by atoms with Crippen molar-refractivity contribution in [2.75, 3.05) is 5.32 Å². The van der Waals surface area contributed by atoms with Gasteiger partial charge in [-0.25, -0.2) is 0 Å². The van der Waals surface area contributed by atoms with Crippen LogP contribution in [0.1, 0.15) is 10.4 Å². The summed E-state index contributed by atoms with van der Waals surface area (Å²) in [5, 5.41) is 6.68. The number of thiophene rings is 1. The fourth-order valence-electron chi connectivity index (χ4n) is 1.17. The van der Waals surface area contributed by atoms with Gasteiger partial charge in [0.2, 0.25) is 0 Å². The Bertz CT molecular complexity index is 467. The van der Waals surface area contributed by atoms with Gasteiger partial charge in [0.25, 0.3) is 5.91 Å². The van der Waals surface area contributed by atoms with Crippen LogP contribution in [-0.2, 0) is 0 Å². The van der Waals surface area contributed by atoms with Crippen molar-refractivity contribution in [3.63, 3.8) is 0 Å². The van der Waals surface area contributed by atoms with Gasteiger partial charge in [-0.2, -0.15) is 11.3 Å². The molecule has 1 heterocycles. The summed E-state index contributed by atoms with van der Waals surface area (Å²) in [6.45, 7) is 0. The van der Waals surface area contributed by atoms with Gasteiger partial charge in [0.1, 0.15) is 0 Å². The molecule has 1 aromatic heterocycles. The van der Waals surface area contributed by atoms with E-state index in [0.717, 1.165) is 9.26 Å². The predicted octanol–water partition coefficient (Wildman–Crippen LogP) is 3.61. The van der Waals surface area contributed by atoms with Gasteiger partial charge in [-0.15, -0.1) is 0 Å². The van der Waals surface area contributed by atoms with Gasteiger partial charge in [0, 0.05) is 14.5 Å². The molecule has 0 aliphatic rings. The fraction of sp³-hybridized carbons (Fsp3) is 0. The van der Waals surface area contributed by atoms with Crippen molar-refractivity contribution in [2.24, 2.45) is 0 Å². The zero-order chi connectivity index (χ0) is 10.7. The molecule has 0 aliphatic heterocycles. The van der Waals surface area contributed by atoms with Crippen LogP contribution in [0, 0.1) is 3.57 Å². The van der Waals surface area contributed by atoms with Crippen LogP contribution in [0.15, 0.2) is 41.1 Å². The van der Waals surface area contributed by atoms with Crippen LogP contribution in [0.5, 0.6) is 0 Å². The van der Waals surface area contributed by atoms with Crippen molar-refractivity contribution in [1.29, 1.82) is 0 Å². The minimum atomic E-state index is -0.0630. The predicted molar refractivity (Wildman–Crippen MR) is 71.4 cm³/mol. The normalized spacial score (nSPS) is 9.93. The van der Waals surface area contributed by atoms with Crippen molar-refractivity contribution in [2.45, 2.75) is 0 Å². The number of anilines is 1. The lowest BCUT2D eigenvalue weighted by Gasteiger charge is -2.02. The van der Waals surface area contributed by atoms with Crippen LogP contribution in [0.3, 0.4) is 0 Å². The molecule has 0 saturated heterocycles. The molecule has 1 N–H and O–H groups in total. The van der Waals surface area contributed by atoms with Gasteiger partial charge in [0.15, 0.2) is 0 Å². The third kappa shape index (κ3) is 2.79. The molecule has 0 unspecified atom stereocenters. The second-order valence-corrected chi connectivity index (χ2v) is 5.00. The van der Waals surface area contributed by atoms with E-state index in [0.29, 0.717) is 5.56 Å². The molecule has 2 aromatic rings. The second-order valence-electron chi connectivity index (χ2n) is 2.98. The monoisotopic (exact) mass is 329 g/mol. The Morgan fingerprint density at radius 3 is 2.87 bits per heavy atom. The average molecular weight is 329 g/mol. The third-order valence-electron chi connectivity index (χ3n) is 1.87. The highest BCUT2D eigenvalue weighted by atomic mass is 127. The Morgan fingerprint density at radius 1 is 1.33 bits per heavy atom. The van der Waals surface area contributed by atoms with Crippen LogP contribution < -0.4 is 5.32 Å². The number of rotatable bonds is 2. The molecule has 0 atom stereocenters. The van der Waals surface area contributed by atoms with Gasteiger partial charge in [0.05, 0.1) is 5.69 Å². The maximum Gasteiger partial charge on any atom is 0.255 e. The SMILES string of the molecule is O=C(Nc1ccsc1)c1cccc(I)c1. The van der Waals surface area contributed by atoms with E-state index in [1.54, 1.807) is 11.3 Å². The highest BCUT2D eigenvalue weighted by Crippen LogP contribution is 2.14. The smallest absolute Gasteiger partial charge is 0.255 e. The van der Waals surface area contributed by atoms with Crippen molar-refractivity contribution in [3.8, 4) is 0 Å². The first kappa shape index (κ1) is 10.6. The first-order valence-electron chi connectivity index (χ1n) is 4.35. The van der Waals surface area contributed by atoms with Gasteiger partial charge >= 0.3 is 0 Å². The van der Waals surface area contributed by atoms with E-state index in [4.69, 9.17) is 0 Å². The second kappa shape index (κ2) is 4.76. The Balaban J connectivity index is 2.15. The fourth-order valence-corrected chi connectivity index (χ4v) is 2.30. The lowest BCUT2D eigenvalue weighted by molar-refractivity contribution is 0.102. The van der Waals surface area contributed by atoms with Crippen LogP contribution in [0.4, 0.5) is 5.69 Å². The number of amides is 1. The lowest BCUT2D eigenvalue weighted by Crippen LogP contribution is -2.11. The molecule has 0 radical (unpaired) electrons. The minimum Gasteiger partial charge on any atom is -0.321 e. The largest absolute Gasteiger partial charge is 0.321 e. The summed E-state index contributed by atoms with van der Waals surface area (Å²) in [4.78, 5) is 11.8. The molecule has 1 amide bonds. The van der Waals surface area contributed by atoms with E-state index in [1.165, 1.54) is 0 Å². The Morgan fingerprint density at radius 2 is 2.20 bits per heavy atom. The van der Waals surface area contributed by atoms with Crippen molar-refractivity contribution in [3.05, 3.63) is 50.2 Å². The highest BCUT2D eigenvalue weighted by molar-refractivity contribution is 14.1. The van der Waals surface area contributed by atoms with Crippen LogP contribution in [0.2, 0.25) is 0 Å². The average Bonchev–Trinajstić information content (AvgIpc) is 2.70. The lowest BCUT2D eigenvalue weighted by atomic mass is 10.2. The number of benzene rings is 1. The molecule has 76 valence electrons. The maximum absolute atomic E-state index is 11.8. The molecule has 1 aromatic carbocycles. The molecule has 0 bridgehead atoms. The molecule has 15 heavy (non-hydrogen) atoms. The molecular weight excluding hydrogens is 321 g/mol. The van der Waals surface area contributed by atoms with Crippen molar-refractivity contribution >= 4 is 45.5 Å². The van der Waals surface area contributed by atoms with E-state index in [2.05, 4.69) is 27.9 Å². The molecule has 4 heteroatoms. The van der Waals surface area contributed by atoms with Crippen molar-refractivity contribution in [1.82, 2.24) is 0 Å². The molecule has 0 aliphatic carbocycles. The summed E-state index contributed by atoms with van der Waals surface area (Å²) in [5.41, 5.74) is 1.54. The van der Waals surface area contributed by atoms with Crippen LogP contribution in [0.25, 0.3) is 0 Å². The summed E-state index contributed by atoms with van der Waals surface area (Å²) in [6, 6.07) is 9.40. The molecule has 0 saturated carbocycles. The molecule has 2 rings (SSSR count). The summed E-state index contributed by atoms with van der Waals surface area (Å²) in [7, 11) is 0. The first-order chi connectivity index (χ1) is 7.25. The number of hydrogen-bond donors (Lipinski definition) is 1. The minimum absolute atomic E-state index is 0.0630. The van der Waals surface area contributed by atoms with Gasteiger partial charge in [-0.1, -0.05) is 6.07 Å². The molecule has 0 spiro atoms.